The number of aromatic nitrogens is 4. The molecule has 6 heteroatoms. The first-order chi connectivity index (χ1) is 11.1. The van der Waals surface area contributed by atoms with E-state index in [2.05, 4.69) is 20.8 Å². The molecule has 0 aliphatic carbocycles. The fourth-order valence-electron chi connectivity index (χ4n) is 2.50. The minimum absolute atomic E-state index is 0.185. The molecule has 0 aliphatic rings. The lowest BCUT2D eigenvalue weighted by atomic mass is 10.1. The lowest BCUT2D eigenvalue weighted by Crippen LogP contribution is -2.27. The van der Waals surface area contributed by atoms with Crippen LogP contribution >= 0.6 is 0 Å². The molecule has 1 aromatic heterocycles. The van der Waals surface area contributed by atoms with Gasteiger partial charge in [-0.3, -0.25) is 4.79 Å². The molecule has 23 heavy (non-hydrogen) atoms. The summed E-state index contributed by atoms with van der Waals surface area (Å²) >= 11 is 0. The number of tetrazole rings is 1. The third-order valence-electron chi connectivity index (χ3n) is 3.63. The number of amides is 1. The summed E-state index contributed by atoms with van der Waals surface area (Å²) < 4.78 is 1.45. The van der Waals surface area contributed by atoms with Crippen LogP contribution in [0.4, 0.5) is 5.69 Å². The highest BCUT2D eigenvalue weighted by Gasteiger charge is 2.24. The van der Waals surface area contributed by atoms with Crippen molar-refractivity contribution in [1.29, 1.82) is 0 Å². The van der Waals surface area contributed by atoms with Crippen molar-refractivity contribution in [2.45, 2.75) is 19.9 Å². The van der Waals surface area contributed by atoms with Crippen molar-refractivity contribution in [1.82, 2.24) is 20.2 Å². The molecule has 0 spiro atoms. The molecule has 2 aromatic carbocycles. The second kappa shape index (κ2) is 6.39. The Balaban J connectivity index is 1.92. The van der Waals surface area contributed by atoms with E-state index in [9.17, 15) is 4.79 Å². The van der Waals surface area contributed by atoms with Crippen LogP contribution in [0.2, 0.25) is 0 Å². The summed E-state index contributed by atoms with van der Waals surface area (Å²) in [6.45, 7) is 3.99. The second-order valence-electron chi connectivity index (χ2n) is 5.41. The molecule has 3 rings (SSSR count). The van der Waals surface area contributed by atoms with E-state index in [1.165, 1.54) is 11.0 Å². The molecule has 0 saturated heterocycles. The normalized spacial score (nSPS) is 11.9. The second-order valence-corrected chi connectivity index (χ2v) is 5.41. The minimum Gasteiger partial charge on any atom is -0.324 e. The highest BCUT2D eigenvalue weighted by atomic mass is 16.2. The summed E-state index contributed by atoms with van der Waals surface area (Å²) in [5.41, 5.74) is 3.78. The Morgan fingerprint density at radius 2 is 1.91 bits per heavy atom. The lowest BCUT2D eigenvalue weighted by molar-refractivity contribution is -0.118. The predicted octanol–water partition coefficient (Wildman–Crippen LogP) is 2.52. The summed E-state index contributed by atoms with van der Waals surface area (Å²) in [5, 5.41) is 14.1. The van der Waals surface area contributed by atoms with Crippen molar-refractivity contribution in [2.24, 2.45) is 0 Å². The number of carbonyl (C=O) groups is 1. The molecule has 0 bridgehead atoms. The smallest absolute Gasteiger partial charge is 0.253 e. The molecular formula is C17H17N5O. The fraction of sp³-hybridized carbons (Fsp3) is 0.176. The molecule has 1 atom stereocenters. The number of anilines is 1. The van der Waals surface area contributed by atoms with Gasteiger partial charge in [-0.15, -0.1) is 5.10 Å². The van der Waals surface area contributed by atoms with Crippen LogP contribution in [0.3, 0.4) is 0 Å². The zero-order valence-electron chi connectivity index (χ0n) is 13.0. The Labute approximate surface area is 134 Å². The van der Waals surface area contributed by atoms with E-state index < -0.39 is 6.04 Å². The van der Waals surface area contributed by atoms with Gasteiger partial charge in [0.1, 0.15) is 6.33 Å². The van der Waals surface area contributed by atoms with Gasteiger partial charge < -0.3 is 5.32 Å². The van der Waals surface area contributed by atoms with Crippen molar-refractivity contribution >= 4 is 11.6 Å². The Bertz CT molecular complexity index is 799. The molecule has 0 fully saturated rings. The summed E-state index contributed by atoms with van der Waals surface area (Å²) in [7, 11) is 0. The Morgan fingerprint density at radius 3 is 2.57 bits per heavy atom. The number of hydrogen-bond acceptors (Lipinski definition) is 4. The number of hydrogen-bond donors (Lipinski definition) is 1. The highest BCUT2D eigenvalue weighted by molar-refractivity contribution is 5.96. The van der Waals surface area contributed by atoms with Crippen LogP contribution in [-0.4, -0.2) is 26.1 Å². The van der Waals surface area contributed by atoms with Crippen LogP contribution in [0.25, 0.3) is 0 Å². The zero-order chi connectivity index (χ0) is 16.2. The SMILES string of the molecule is Cc1ccc(NC(=O)[C@@H](c2ccccc2)n2cnnn2)c(C)c1. The highest BCUT2D eigenvalue weighted by Crippen LogP contribution is 2.21. The van der Waals surface area contributed by atoms with Crippen molar-refractivity contribution in [3.8, 4) is 0 Å². The number of carbonyl (C=O) groups excluding carboxylic acids is 1. The monoisotopic (exact) mass is 307 g/mol. The quantitative estimate of drug-likeness (QED) is 0.804. The largest absolute Gasteiger partial charge is 0.324 e. The molecule has 1 N–H and O–H groups in total. The summed E-state index contributed by atoms with van der Waals surface area (Å²) in [5.74, 6) is -0.185. The average molecular weight is 307 g/mol. The van der Waals surface area contributed by atoms with E-state index in [1.807, 2.05) is 62.4 Å². The van der Waals surface area contributed by atoms with E-state index in [0.29, 0.717) is 0 Å². The van der Waals surface area contributed by atoms with Crippen LogP contribution in [0.1, 0.15) is 22.7 Å². The van der Waals surface area contributed by atoms with Crippen LogP contribution < -0.4 is 5.32 Å². The van der Waals surface area contributed by atoms with Gasteiger partial charge in [-0.2, -0.15) is 0 Å². The maximum Gasteiger partial charge on any atom is 0.253 e. The average Bonchev–Trinajstić information content (AvgIpc) is 3.05. The van der Waals surface area contributed by atoms with Gasteiger partial charge in [-0.05, 0) is 41.5 Å². The number of nitrogens with zero attached hydrogens (tertiary/aromatic N) is 4. The Hall–Kier alpha value is -3.02. The van der Waals surface area contributed by atoms with Crippen molar-refractivity contribution in [2.75, 3.05) is 5.32 Å². The first kappa shape index (κ1) is 14.9. The molecule has 116 valence electrons. The maximum atomic E-state index is 12.8. The summed E-state index contributed by atoms with van der Waals surface area (Å²) in [6.07, 6.45) is 1.44. The molecule has 0 saturated carbocycles. The molecule has 0 unspecified atom stereocenters. The Kier molecular flexibility index (Phi) is 4.14. The Morgan fingerprint density at radius 1 is 1.13 bits per heavy atom. The van der Waals surface area contributed by atoms with Crippen LogP contribution in [0.15, 0.2) is 54.9 Å². The van der Waals surface area contributed by atoms with Gasteiger partial charge in [0, 0.05) is 5.69 Å². The number of nitrogens with one attached hydrogen (secondary N) is 1. The number of rotatable bonds is 4. The lowest BCUT2D eigenvalue weighted by Gasteiger charge is -2.17. The van der Waals surface area contributed by atoms with Gasteiger partial charge >= 0.3 is 0 Å². The van der Waals surface area contributed by atoms with E-state index in [0.717, 1.165) is 22.4 Å². The van der Waals surface area contributed by atoms with E-state index in [4.69, 9.17) is 0 Å². The molecule has 0 aliphatic heterocycles. The van der Waals surface area contributed by atoms with Gasteiger partial charge in [0.05, 0.1) is 0 Å². The molecule has 0 radical (unpaired) electrons. The standard InChI is InChI=1S/C17H17N5O/c1-12-8-9-15(13(2)10-12)19-17(23)16(22-11-18-20-21-22)14-6-4-3-5-7-14/h3-11,16H,1-2H3,(H,19,23)/t16-/m1/s1. The minimum atomic E-state index is -0.619. The van der Waals surface area contributed by atoms with E-state index >= 15 is 0 Å². The third-order valence-corrected chi connectivity index (χ3v) is 3.63. The van der Waals surface area contributed by atoms with Gasteiger partial charge in [-0.25, -0.2) is 4.68 Å². The van der Waals surface area contributed by atoms with Crippen LogP contribution in [-0.2, 0) is 4.79 Å². The zero-order valence-corrected chi connectivity index (χ0v) is 13.0. The van der Waals surface area contributed by atoms with Gasteiger partial charge in [-0.1, -0.05) is 48.0 Å². The van der Waals surface area contributed by atoms with Gasteiger partial charge in [0.15, 0.2) is 6.04 Å². The van der Waals surface area contributed by atoms with Gasteiger partial charge in [0.2, 0.25) is 0 Å². The van der Waals surface area contributed by atoms with Crippen molar-refractivity contribution < 1.29 is 4.79 Å². The molecule has 3 aromatic rings. The molecule has 1 amide bonds. The van der Waals surface area contributed by atoms with E-state index in [1.54, 1.807) is 0 Å². The topological polar surface area (TPSA) is 72.7 Å². The molecule has 1 heterocycles. The number of aryl methyl sites for hydroxylation is 2. The first-order valence-electron chi connectivity index (χ1n) is 7.30. The number of benzene rings is 2. The van der Waals surface area contributed by atoms with Crippen molar-refractivity contribution in [3.05, 3.63) is 71.5 Å². The first-order valence-corrected chi connectivity index (χ1v) is 7.30. The van der Waals surface area contributed by atoms with Gasteiger partial charge in [0.25, 0.3) is 5.91 Å². The summed E-state index contributed by atoms with van der Waals surface area (Å²) in [6, 6.07) is 14.7. The third kappa shape index (κ3) is 3.26. The fourth-order valence-corrected chi connectivity index (χ4v) is 2.50. The van der Waals surface area contributed by atoms with Crippen LogP contribution in [0, 0.1) is 13.8 Å². The molecule has 6 nitrogen and oxygen atoms in total. The van der Waals surface area contributed by atoms with Crippen molar-refractivity contribution in [3.63, 3.8) is 0 Å². The maximum absolute atomic E-state index is 12.8. The molecular weight excluding hydrogens is 290 g/mol. The predicted molar refractivity (Wildman–Crippen MR) is 86.9 cm³/mol. The summed E-state index contributed by atoms with van der Waals surface area (Å²) in [4.78, 5) is 12.8. The van der Waals surface area contributed by atoms with E-state index in [-0.39, 0.29) is 5.91 Å². The van der Waals surface area contributed by atoms with Crippen LogP contribution in [0.5, 0.6) is 0 Å².